The minimum Gasteiger partial charge on any atom is -0.342 e. The molecule has 7 heteroatoms. The standard InChI is InChI=1S/C21H27FN4O2/c1-15-8-11-26(12-9-15)21(27)17-3-2-10-25(13-17)14-19-23-20(24-28-19)16-4-6-18(22)7-5-16/h4-7,15,17H,2-3,8-14H2,1H3. The van der Waals surface area contributed by atoms with E-state index < -0.39 is 0 Å². The van der Waals surface area contributed by atoms with Crippen molar-refractivity contribution in [2.45, 2.75) is 39.2 Å². The quantitative estimate of drug-likeness (QED) is 0.806. The van der Waals surface area contributed by atoms with Crippen LogP contribution in [0, 0.1) is 17.7 Å². The lowest BCUT2D eigenvalue weighted by Gasteiger charge is -2.37. The molecule has 2 fully saturated rings. The molecule has 1 aromatic carbocycles. The number of halogens is 1. The van der Waals surface area contributed by atoms with Crippen molar-refractivity contribution < 1.29 is 13.7 Å². The summed E-state index contributed by atoms with van der Waals surface area (Å²) in [4.78, 5) is 21.6. The van der Waals surface area contributed by atoms with E-state index >= 15 is 0 Å². The van der Waals surface area contributed by atoms with Gasteiger partial charge in [0, 0.05) is 25.2 Å². The van der Waals surface area contributed by atoms with Crippen molar-refractivity contribution >= 4 is 5.91 Å². The van der Waals surface area contributed by atoms with E-state index in [-0.39, 0.29) is 11.7 Å². The topological polar surface area (TPSA) is 62.5 Å². The summed E-state index contributed by atoms with van der Waals surface area (Å²) >= 11 is 0. The zero-order valence-corrected chi connectivity index (χ0v) is 16.3. The molecule has 0 saturated carbocycles. The molecule has 6 nitrogen and oxygen atoms in total. The molecule has 2 saturated heterocycles. The molecule has 1 atom stereocenters. The minimum atomic E-state index is -0.292. The molecular formula is C21H27FN4O2. The van der Waals surface area contributed by atoms with Gasteiger partial charge in [0.05, 0.1) is 12.5 Å². The number of nitrogens with zero attached hydrogens (tertiary/aromatic N) is 4. The fourth-order valence-corrected chi connectivity index (χ4v) is 4.11. The highest BCUT2D eigenvalue weighted by atomic mass is 19.1. The molecule has 0 bridgehead atoms. The molecule has 0 radical (unpaired) electrons. The van der Waals surface area contributed by atoms with Crippen LogP contribution in [0.1, 0.15) is 38.5 Å². The van der Waals surface area contributed by atoms with E-state index in [1.807, 2.05) is 4.90 Å². The second kappa shape index (κ2) is 8.39. The minimum absolute atomic E-state index is 0.0571. The predicted octanol–water partition coefficient (Wildman–Crippen LogP) is 3.35. The maximum absolute atomic E-state index is 13.1. The van der Waals surface area contributed by atoms with E-state index in [2.05, 4.69) is 22.0 Å². The Morgan fingerprint density at radius 2 is 1.93 bits per heavy atom. The second-order valence-corrected chi connectivity index (χ2v) is 8.10. The van der Waals surface area contributed by atoms with Crippen molar-refractivity contribution in [3.63, 3.8) is 0 Å². The van der Waals surface area contributed by atoms with Gasteiger partial charge in [0.2, 0.25) is 17.6 Å². The number of hydrogen-bond donors (Lipinski definition) is 0. The summed E-state index contributed by atoms with van der Waals surface area (Å²) in [6, 6.07) is 6.04. The second-order valence-electron chi connectivity index (χ2n) is 8.10. The van der Waals surface area contributed by atoms with Crippen LogP contribution in [0.2, 0.25) is 0 Å². The molecule has 150 valence electrons. The number of hydrogen-bond acceptors (Lipinski definition) is 5. The van der Waals surface area contributed by atoms with Crippen molar-refractivity contribution in [3.05, 3.63) is 36.0 Å². The summed E-state index contributed by atoms with van der Waals surface area (Å²) in [5.41, 5.74) is 0.724. The Kier molecular flexibility index (Phi) is 5.71. The molecule has 1 amide bonds. The van der Waals surface area contributed by atoms with Gasteiger partial charge in [-0.25, -0.2) is 4.39 Å². The van der Waals surface area contributed by atoms with Crippen molar-refractivity contribution in [1.29, 1.82) is 0 Å². The Hall–Kier alpha value is -2.28. The number of benzene rings is 1. The average Bonchev–Trinajstić information content (AvgIpc) is 3.17. The van der Waals surface area contributed by atoms with Crippen molar-refractivity contribution in [1.82, 2.24) is 19.9 Å². The van der Waals surface area contributed by atoms with E-state index in [0.29, 0.717) is 24.2 Å². The summed E-state index contributed by atoms with van der Waals surface area (Å²) in [6.45, 7) is 6.24. The number of piperidine rings is 2. The third-order valence-electron chi connectivity index (χ3n) is 5.88. The predicted molar refractivity (Wildman–Crippen MR) is 103 cm³/mol. The molecule has 1 unspecified atom stereocenters. The summed E-state index contributed by atoms with van der Waals surface area (Å²) < 4.78 is 18.5. The zero-order chi connectivity index (χ0) is 19.5. The molecule has 0 aliphatic carbocycles. The lowest BCUT2D eigenvalue weighted by atomic mass is 9.93. The lowest BCUT2D eigenvalue weighted by molar-refractivity contribution is -0.138. The molecular weight excluding hydrogens is 359 g/mol. The van der Waals surface area contributed by atoms with Gasteiger partial charge >= 0.3 is 0 Å². The van der Waals surface area contributed by atoms with Crippen LogP contribution in [0.4, 0.5) is 4.39 Å². The first-order chi connectivity index (χ1) is 13.6. The highest BCUT2D eigenvalue weighted by Gasteiger charge is 2.31. The number of carbonyl (C=O) groups is 1. The molecule has 28 heavy (non-hydrogen) atoms. The first-order valence-electron chi connectivity index (χ1n) is 10.2. The molecule has 2 aliphatic rings. The largest absolute Gasteiger partial charge is 0.342 e. The van der Waals surface area contributed by atoms with Gasteiger partial charge in [0.15, 0.2) is 0 Å². The van der Waals surface area contributed by atoms with E-state index in [0.717, 1.165) is 63.3 Å². The van der Waals surface area contributed by atoms with Crippen LogP contribution in [0.15, 0.2) is 28.8 Å². The number of aromatic nitrogens is 2. The van der Waals surface area contributed by atoms with Gasteiger partial charge in [-0.3, -0.25) is 9.69 Å². The number of carbonyl (C=O) groups excluding carboxylic acids is 1. The molecule has 2 aromatic rings. The van der Waals surface area contributed by atoms with Crippen LogP contribution in [0.5, 0.6) is 0 Å². The highest BCUT2D eigenvalue weighted by Crippen LogP contribution is 2.24. The Morgan fingerprint density at radius 1 is 1.18 bits per heavy atom. The first-order valence-corrected chi connectivity index (χ1v) is 10.2. The van der Waals surface area contributed by atoms with Crippen LogP contribution < -0.4 is 0 Å². The van der Waals surface area contributed by atoms with Gasteiger partial charge in [0.25, 0.3) is 0 Å². The Balaban J connectivity index is 1.35. The lowest BCUT2D eigenvalue weighted by Crippen LogP contribution is -2.46. The fourth-order valence-electron chi connectivity index (χ4n) is 4.11. The molecule has 4 rings (SSSR count). The van der Waals surface area contributed by atoms with E-state index in [1.54, 1.807) is 12.1 Å². The van der Waals surface area contributed by atoms with Gasteiger partial charge in [-0.1, -0.05) is 12.1 Å². The molecule has 3 heterocycles. The van der Waals surface area contributed by atoms with E-state index in [4.69, 9.17) is 4.52 Å². The molecule has 2 aliphatic heterocycles. The van der Waals surface area contributed by atoms with Crippen LogP contribution in [0.3, 0.4) is 0 Å². The summed E-state index contributed by atoms with van der Waals surface area (Å²) in [5.74, 6) is 1.77. The summed E-state index contributed by atoms with van der Waals surface area (Å²) in [7, 11) is 0. The highest BCUT2D eigenvalue weighted by molar-refractivity contribution is 5.79. The van der Waals surface area contributed by atoms with Crippen LogP contribution >= 0.6 is 0 Å². The van der Waals surface area contributed by atoms with E-state index in [1.165, 1.54) is 12.1 Å². The van der Waals surface area contributed by atoms with Crippen molar-refractivity contribution in [3.8, 4) is 11.4 Å². The van der Waals surface area contributed by atoms with Crippen molar-refractivity contribution in [2.75, 3.05) is 26.2 Å². The van der Waals surface area contributed by atoms with Gasteiger partial charge in [-0.2, -0.15) is 4.98 Å². The summed E-state index contributed by atoms with van der Waals surface area (Å²) in [5, 5.41) is 4.01. The maximum atomic E-state index is 13.1. The molecule has 1 aromatic heterocycles. The number of rotatable bonds is 4. The zero-order valence-electron chi connectivity index (χ0n) is 16.3. The number of likely N-dealkylation sites (tertiary alicyclic amines) is 2. The maximum Gasteiger partial charge on any atom is 0.241 e. The van der Waals surface area contributed by atoms with Gasteiger partial charge < -0.3 is 9.42 Å². The van der Waals surface area contributed by atoms with Gasteiger partial charge in [0.1, 0.15) is 5.82 Å². The van der Waals surface area contributed by atoms with Crippen LogP contribution in [0.25, 0.3) is 11.4 Å². The van der Waals surface area contributed by atoms with E-state index in [9.17, 15) is 9.18 Å². The Morgan fingerprint density at radius 3 is 2.68 bits per heavy atom. The fraction of sp³-hybridized carbons (Fsp3) is 0.571. The monoisotopic (exact) mass is 386 g/mol. The molecule has 0 spiro atoms. The van der Waals surface area contributed by atoms with Gasteiger partial charge in [-0.15, -0.1) is 0 Å². The SMILES string of the molecule is CC1CCN(C(=O)C2CCCN(Cc3nc(-c4ccc(F)cc4)no3)C2)CC1. The van der Waals surface area contributed by atoms with Crippen LogP contribution in [-0.4, -0.2) is 52.0 Å². The molecule has 0 N–H and O–H groups in total. The van der Waals surface area contributed by atoms with Gasteiger partial charge in [-0.05, 0) is 62.4 Å². The third kappa shape index (κ3) is 4.41. The van der Waals surface area contributed by atoms with Crippen molar-refractivity contribution in [2.24, 2.45) is 11.8 Å². The first kappa shape index (κ1) is 19.1. The third-order valence-corrected chi connectivity index (χ3v) is 5.88. The van der Waals surface area contributed by atoms with Crippen LogP contribution in [-0.2, 0) is 11.3 Å². The Bertz CT molecular complexity index is 799. The normalized spacial score (nSPS) is 21.8. The number of amides is 1. The average molecular weight is 386 g/mol. The Labute approximate surface area is 164 Å². The summed E-state index contributed by atoms with van der Waals surface area (Å²) in [6.07, 6.45) is 4.16. The smallest absolute Gasteiger partial charge is 0.241 e.